The highest BCUT2D eigenvalue weighted by atomic mass is 35.5. The summed E-state index contributed by atoms with van der Waals surface area (Å²) in [6.07, 6.45) is 2.12. The quantitative estimate of drug-likeness (QED) is 0.333. The Morgan fingerprint density at radius 3 is 2.83 bits per heavy atom. The molecule has 4 rings (SSSR count). The fraction of sp³-hybridized carbons (Fsp3) is 0.294. The first-order valence-corrected chi connectivity index (χ1v) is 10.1. The van der Waals surface area contributed by atoms with Crippen molar-refractivity contribution in [1.29, 1.82) is 0 Å². The average Bonchev–Trinajstić information content (AvgIpc) is 3.32. The molecule has 0 unspecified atom stereocenters. The van der Waals surface area contributed by atoms with E-state index in [1.807, 2.05) is 12.1 Å². The molecule has 1 aromatic carbocycles. The van der Waals surface area contributed by atoms with Crippen molar-refractivity contribution in [1.82, 2.24) is 38.9 Å². The van der Waals surface area contributed by atoms with Crippen LogP contribution in [-0.2, 0) is 20.6 Å². The molecule has 4 aromatic rings. The molecule has 0 aliphatic rings. The molecule has 0 radical (unpaired) electrons. The van der Waals surface area contributed by atoms with Gasteiger partial charge in [0.25, 0.3) is 5.56 Å². The van der Waals surface area contributed by atoms with Crippen molar-refractivity contribution in [3.05, 3.63) is 56.5 Å². The zero-order valence-electron chi connectivity index (χ0n) is 15.7. The van der Waals surface area contributed by atoms with Crippen molar-refractivity contribution >= 4 is 34.5 Å². The molecule has 0 saturated carbocycles. The van der Waals surface area contributed by atoms with Crippen molar-refractivity contribution in [3.8, 4) is 5.69 Å². The summed E-state index contributed by atoms with van der Waals surface area (Å²) in [5.41, 5.74) is 0.835. The van der Waals surface area contributed by atoms with Gasteiger partial charge in [0, 0.05) is 31.4 Å². The van der Waals surface area contributed by atoms with Crippen molar-refractivity contribution in [3.63, 3.8) is 0 Å². The Kier molecular flexibility index (Phi) is 5.24. The lowest BCUT2D eigenvalue weighted by atomic mass is 10.3. The van der Waals surface area contributed by atoms with E-state index < -0.39 is 0 Å². The van der Waals surface area contributed by atoms with Gasteiger partial charge in [-0.25, -0.2) is 9.78 Å². The number of nitrogens with zero attached hydrogens (tertiary/aromatic N) is 8. The number of benzene rings is 1. The summed E-state index contributed by atoms with van der Waals surface area (Å²) in [5, 5.41) is 13.0. The van der Waals surface area contributed by atoms with E-state index in [4.69, 9.17) is 11.6 Å². The van der Waals surface area contributed by atoms with Crippen LogP contribution in [0.5, 0.6) is 0 Å². The van der Waals surface area contributed by atoms with Crippen molar-refractivity contribution in [2.45, 2.75) is 18.1 Å². The summed E-state index contributed by atoms with van der Waals surface area (Å²) in [6, 6.07) is 7.23. The van der Waals surface area contributed by atoms with Gasteiger partial charge in [-0.3, -0.25) is 13.9 Å². The lowest BCUT2D eigenvalue weighted by Gasteiger charge is -2.08. The molecule has 0 fully saturated rings. The molecule has 10 nitrogen and oxygen atoms in total. The van der Waals surface area contributed by atoms with Gasteiger partial charge in [-0.05, 0) is 35.0 Å². The van der Waals surface area contributed by atoms with Gasteiger partial charge in [0.2, 0.25) is 5.16 Å². The molecule has 3 heterocycles. The molecule has 12 heteroatoms. The van der Waals surface area contributed by atoms with Crippen LogP contribution in [-0.4, -0.2) is 44.6 Å². The topological polar surface area (TPSA) is 105 Å². The Balaban J connectivity index is 1.49. The minimum absolute atomic E-state index is 0.290. The minimum Gasteiger partial charge on any atom is -0.328 e. The van der Waals surface area contributed by atoms with Gasteiger partial charge in [0.15, 0.2) is 11.2 Å². The van der Waals surface area contributed by atoms with Crippen LogP contribution >= 0.6 is 23.4 Å². The minimum atomic E-state index is -0.380. The summed E-state index contributed by atoms with van der Waals surface area (Å²) in [5.74, 6) is 0.625. The van der Waals surface area contributed by atoms with Gasteiger partial charge in [-0.15, -0.1) is 5.10 Å². The van der Waals surface area contributed by atoms with Gasteiger partial charge in [-0.2, -0.15) is 4.68 Å². The normalized spacial score (nSPS) is 11.4. The SMILES string of the molecule is Cn1cnc2c1c(=O)n(CCCSc1nnnn1-c1cccc(Cl)c1)c(=O)n2C. The van der Waals surface area contributed by atoms with E-state index in [2.05, 4.69) is 20.5 Å². The van der Waals surface area contributed by atoms with Crippen molar-refractivity contribution in [2.75, 3.05) is 5.75 Å². The summed E-state index contributed by atoms with van der Waals surface area (Å²) >= 11 is 7.48. The van der Waals surface area contributed by atoms with Gasteiger partial charge in [-0.1, -0.05) is 29.4 Å². The fourth-order valence-electron chi connectivity index (χ4n) is 3.02. The van der Waals surface area contributed by atoms with Crippen LogP contribution in [0.2, 0.25) is 5.02 Å². The Bertz CT molecular complexity index is 1300. The van der Waals surface area contributed by atoms with Crippen LogP contribution in [0.1, 0.15) is 6.42 Å². The van der Waals surface area contributed by atoms with Crippen LogP contribution in [0.25, 0.3) is 16.9 Å². The number of rotatable bonds is 6. The number of fused-ring (bicyclic) bond motifs is 1. The van der Waals surface area contributed by atoms with Gasteiger partial charge in [0.05, 0.1) is 12.0 Å². The molecule has 0 saturated heterocycles. The lowest BCUT2D eigenvalue weighted by molar-refractivity contribution is 0.594. The number of aryl methyl sites for hydroxylation is 2. The summed E-state index contributed by atoms with van der Waals surface area (Å²) in [6.45, 7) is 0.290. The molecule has 0 N–H and O–H groups in total. The van der Waals surface area contributed by atoms with E-state index in [1.165, 1.54) is 27.2 Å². The first-order valence-electron chi connectivity index (χ1n) is 8.75. The number of hydrogen-bond donors (Lipinski definition) is 0. The standard InChI is InChI=1S/C17H17ClN8O2S/c1-23-10-19-14-13(23)15(27)25(17(28)24(14)2)7-4-8-29-16-20-21-22-26(16)12-6-3-5-11(18)9-12/h3,5-6,9-10H,4,7-8H2,1-2H3. The average molecular weight is 433 g/mol. The van der Waals surface area contributed by atoms with Crippen LogP contribution in [0.4, 0.5) is 0 Å². The third-order valence-corrected chi connectivity index (χ3v) is 5.69. The van der Waals surface area contributed by atoms with E-state index in [0.29, 0.717) is 40.1 Å². The summed E-state index contributed by atoms with van der Waals surface area (Å²) in [7, 11) is 3.35. The highest BCUT2D eigenvalue weighted by Crippen LogP contribution is 2.21. The third kappa shape index (κ3) is 3.58. The Morgan fingerprint density at radius 1 is 1.21 bits per heavy atom. The third-order valence-electron chi connectivity index (χ3n) is 4.45. The summed E-state index contributed by atoms with van der Waals surface area (Å²) in [4.78, 5) is 29.4. The number of hydrogen-bond acceptors (Lipinski definition) is 7. The van der Waals surface area contributed by atoms with E-state index in [9.17, 15) is 9.59 Å². The molecular formula is C17H17ClN8O2S. The van der Waals surface area contributed by atoms with Gasteiger partial charge < -0.3 is 4.57 Å². The molecule has 0 bridgehead atoms. The fourth-order valence-corrected chi connectivity index (χ4v) is 4.02. The van der Waals surface area contributed by atoms with E-state index >= 15 is 0 Å². The van der Waals surface area contributed by atoms with Gasteiger partial charge >= 0.3 is 5.69 Å². The largest absolute Gasteiger partial charge is 0.332 e. The van der Waals surface area contributed by atoms with Gasteiger partial charge in [0.1, 0.15) is 0 Å². The molecule has 0 aliphatic heterocycles. The first-order chi connectivity index (χ1) is 14.0. The second-order valence-corrected chi connectivity index (χ2v) is 7.88. The predicted molar refractivity (Wildman–Crippen MR) is 110 cm³/mol. The second-order valence-electron chi connectivity index (χ2n) is 6.38. The lowest BCUT2D eigenvalue weighted by Crippen LogP contribution is -2.39. The smallest absolute Gasteiger partial charge is 0.328 e. The maximum absolute atomic E-state index is 12.7. The monoisotopic (exact) mass is 432 g/mol. The predicted octanol–water partition coefficient (Wildman–Crippen LogP) is 1.25. The molecule has 29 heavy (non-hydrogen) atoms. The molecule has 150 valence electrons. The highest BCUT2D eigenvalue weighted by molar-refractivity contribution is 7.99. The molecule has 0 spiro atoms. The molecule has 3 aromatic heterocycles. The number of aromatic nitrogens is 8. The molecule has 0 atom stereocenters. The number of tetrazole rings is 1. The Labute approximate surface area is 173 Å². The van der Waals surface area contributed by atoms with E-state index in [-0.39, 0.29) is 11.2 Å². The van der Waals surface area contributed by atoms with Crippen LogP contribution in [0.3, 0.4) is 0 Å². The first kappa shape index (κ1) is 19.4. The van der Waals surface area contributed by atoms with Crippen LogP contribution < -0.4 is 11.2 Å². The zero-order valence-corrected chi connectivity index (χ0v) is 17.3. The highest BCUT2D eigenvalue weighted by Gasteiger charge is 2.15. The van der Waals surface area contributed by atoms with Crippen LogP contribution in [0, 0.1) is 0 Å². The summed E-state index contributed by atoms with van der Waals surface area (Å²) < 4.78 is 5.86. The number of imidazole rings is 1. The van der Waals surface area contributed by atoms with E-state index in [1.54, 1.807) is 35.5 Å². The second kappa shape index (κ2) is 7.84. The zero-order chi connectivity index (χ0) is 20.5. The number of halogens is 1. The van der Waals surface area contributed by atoms with Crippen molar-refractivity contribution < 1.29 is 0 Å². The molecule has 0 aliphatic carbocycles. The Morgan fingerprint density at radius 2 is 2.03 bits per heavy atom. The molecular weight excluding hydrogens is 416 g/mol. The van der Waals surface area contributed by atoms with E-state index in [0.717, 1.165) is 5.69 Å². The molecule has 0 amide bonds. The maximum Gasteiger partial charge on any atom is 0.332 e. The van der Waals surface area contributed by atoms with Crippen LogP contribution in [0.15, 0.2) is 45.3 Å². The van der Waals surface area contributed by atoms with Crippen molar-refractivity contribution in [2.24, 2.45) is 14.1 Å². The number of thioether (sulfide) groups is 1. The Hall–Kier alpha value is -2.92. The maximum atomic E-state index is 12.7.